The maximum absolute atomic E-state index is 12.7. The molecule has 0 unspecified atom stereocenters. The molecule has 0 saturated carbocycles. The van der Waals surface area contributed by atoms with Crippen molar-refractivity contribution in [1.82, 2.24) is 9.62 Å². The van der Waals surface area contributed by atoms with E-state index in [0.29, 0.717) is 5.56 Å². The Bertz CT molecular complexity index is 693. The lowest BCUT2D eigenvalue weighted by Crippen LogP contribution is -2.44. The monoisotopic (exact) mass is 356 g/mol. The van der Waals surface area contributed by atoms with Gasteiger partial charge in [-0.1, -0.05) is 17.7 Å². The van der Waals surface area contributed by atoms with Crippen LogP contribution in [-0.4, -0.2) is 44.1 Å². The number of amides is 1. The molecule has 1 aromatic rings. The van der Waals surface area contributed by atoms with E-state index in [1.807, 2.05) is 13.0 Å². The van der Waals surface area contributed by atoms with Crippen molar-refractivity contribution in [2.24, 2.45) is 0 Å². The molecular formula is C17H28N2O4S. The predicted octanol–water partition coefficient (Wildman–Crippen LogP) is 2.84. The average Bonchev–Trinajstić information content (AvgIpc) is 2.34. The summed E-state index contributed by atoms with van der Waals surface area (Å²) < 4.78 is 31.8. The highest BCUT2D eigenvalue weighted by molar-refractivity contribution is 7.89. The number of alkyl carbamates (subject to hydrolysis) is 1. The molecule has 0 aliphatic rings. The smallest absolute Gasteiger partial charge is 0.407 e. The summed E-state index contributed by atoms with van der Waals surface area (Å²) in [4.78, 5) is 12.0. The molecule has 0 saturated heterocycles. The molecule has 24 heavy (non-hydrogen) atoms. The summed E-state index contributed by atoms with van der Waals surface area (Å²) >= 11 is 0. The van der Waals surface area contributed by atoms with E-state index in [0.717, 1.165) is 5.56 Å². The minimum Gasteiger partial charge on any atom is -0.444 e. The molecule has 0 bridgehead atoms. The third kappa shape index (κ3) is 5.79. The maximum Gasteiger partial charge on any atom is 0.407 e. The second-order valence-corrected chi connectivity index (χ2v) is 9.12. The number of hydrogen-bond acceptors (Lipinski definition) is 4. The quantitative estimate of drug-likeness (QED) is 0.880. The van der Waals surface area contributed by atoms with E-state index in [1.165, 1.54) is 11.4 Å². The first-order chi connectivity index (χ1) is 10.8. The van der Waals surface area contributed by atoms with Gasteiger partial charge >= 0.3 is 6.09 Å². The van der Waals surface area contributed by atoms with Crippen LogP contribution in [0.4, 0.5) is 4.79 Å². The largest absolute Gasteiger partial charge is 0.444 e. The third-order valence-corrected chi connectivity index (χ3v) is 5.30. The number of benzene rings is 1. The van der Waals surface area contributed by atoms with Crippen molar-refractivity contribution in [2.75, 3.05) is 13.6 Å². The van der Waals surface area contributed by atoms with Gasteiger partial charge < -0.3 is 10.1 Å². The van der Waals surface area contributed by atoms with Crippen molar-refractivity contribution in [3.05, 3.63) is 29.3 Å². The SMILES string of the molecule is Cc1ccc(S(=O)(=O)N(C)C[C@H](C)NC(=O)OC(C)(C)C)c(C)c1. The molecular weight excluding hydrogens is 328 g/mol. The van der Waals surface area contributed by atoms with Crippen molar-refractivity contribution in [3.63, 3.8) is 0 Å². The van der Waals surface area contributed by atoms with Crippen molar-refractivity contribution in [3.8, 4) is 0 Å². The fourth-order valence-electron chi connectivity index (χ4n) is 2.29. The molecule has 1 N–H and O–H groups in total. The van der Waals surface area contributed by atoms with Crippen LogP contribution in [0.15, 0.2) is 23.1 Å². The molecule has 6 nitrogen and oxygen atoms in total. The minimum absolute atomic E-state index is 0.148. The Balaban J connectivity index is 2.79. The molecule has 0 aromatic heterocycles. The van der Waals surface area contributed by atoms with E-state index >= 15 is 0 Å². The molecule has 1 atom stereocenters. The molecule has 0 aliphatic heterocycles. The summed E-state index contributed by atoms with van der Waals surface area (Å²) in [5.74, 6) is 0. The number of carbonyl (C=O) groups is 1. The molecule has 136 valence electrons. The van der Waals surface area contributed by atoms with E-state index in [9.17, 15) is 13.2 Å². The molecule has 0 spiro atoms. The second kappa shape index (κ2) is 7.53. The Morgan fingerprint density at radius 1 is 1.29 bits per heavy atom. The highest BCUT2D eigenvalue weighted by Gasteiger charge is 2.25. The molecule has 1 amide bonds. The molecule has 0 radical (unpaired) electrons. The maximum atomic E-state index is 12.7. The molecule has 7 heteroatoms. The Kier molecular flexibility index (Phi) is 6.41. The number of carbonyl (C=O) groups excluding carboxylic acids is 1. The lowest BCUT2D eigenvalue weighted by molar-refractivity contribution is 0.0504. The second-order valence-electron chi connectivity index (χ2n) is 7.10. The number of nitrogens with zero attached hydrogens (tertiary/aromatic N) is 1. The van der Waals surface area contributed by atoms with E-state index in [4.69, 9.17) is 4.74 Å². The minimum atomic E-state index is -3.61. The number of rotatable bonds is 5. The van der Waals surface area contributed by atoms with Crippen LogP contribution in [0.5, 0.6) is 0 Å². The van der Waals surface area contributed by atoms with Gasteiger partial charge in [-0.15, -0.1) is 0 Å². The van der Waals surface area contributed by atoms with Crippen LogP contribution in [0.25, 0.3) is 0 Å². The number of likely N-dealkylation sites (N-methyl/N-ethyl adjacent to an activating group) is 1. The molecule has 0 fully saturated rings. The summed E-state index contributed by atoms with van der Waals surface area (Å²) in [5.41, 5.74) is 1.12. The Labute approximate surface area is 145 Å². The topological polar surface area (TPSA) is 75.7 Å². The fraction of sp³-hybridized carbons (Fsp3) is 0.588. The zero-order valence-corrected chi connectivity index (χ0v) is 16.3. The summed E-state index contributed by atoms with van der Waals surface area (Å²) in [5, 5.41) is 2.65. The van der Waals surface area contributed by atoms with Crippen molar-refractivity contribution in [2.45, 2.75) is 58.1 Å². The van der Waals surface area contributed by atoms with Crippen LogP contribution in [0.1, 0.15) is 38.8 Å². The lowest BCUT2D eigenvalue weighted by Gasteiger charge is -2.25. The third-order valence-electron chi connectivity index (χ3n) is 3.31. The van der Waals surface area contributed by atoms with Crippen LogP contribution in [0, 0.1) is 13.8 Å². The molecule has 0 aliphatic carbocycles. The van der Waals surface area contributed by atoms with Crippen LogP contribution in [0.2, 0.25) is 0 Å². The van der Waals surface area contributed by atoms with E-state index < -0.39 is 21.7 Å². The van der Waals surface area contributed by atoms with Gasteiger partial charge in [0.15, 0.2) is 0 Å². The number of sulfonamides is 1. The lowest BCUT2D eigenvalue weighted by atomic mass is 10.2. The molecule has 1 aromatic carbocycles. The molecule has 1 rings (SSSR count). The fourth-order valence-corrected chi connectivity index (χ4v) is 3.76. The van der Waals surface area contributed by atoms with Gasteiger partial charge in [0, 0.05) is 19.6 Å². The Morgan fingerprint density at radius 2 is 1.88 bits per heavy atom. The Hall–Kier alpha value is -1.60. The summed E-state index contributed by atoms with van der Waals surface area (Å²) in [7, 11) is -2.11. The summed E-state index contributed by atoms with van der Waals surface area (Å²) in [6.45, 7) is 10.9. The first kappa shape index (κ1) is 20.4. The zero-order valence-electron chi connectivity index (χ0n) is 15.5. The van der Waals surface area contributed by atoms with Crippen molar-refractivity contribution in [1.29, 1.82) is 0 Å². The van der Waals surface area contributed by atoms with Gasteiger partial charge in [-0.2, -0.15) is 4.31 Å². The summed E-state index contributed by atoms with van der Waals surface area (Å²) in [6.07, 6.45) is -0.563. The van der Waals surface area contributed by atoms with Gasteiger partial charge in [-0.3, -0.25) is 0 Å². The van der Waals surface area contributed by atoms with Gasteiger partial charge in [0.1, 0.15) is 5.60 Å². The van der Waals surface area contributed by atoms with Crippen LogP contribution >= 0.6 is 0 Å². The van der Waals surface area contributed by atoms with Gasteiger partial charge in [-0.25, -0.2) is 13.2 Å². The van der Waals surface area contributed by atoms with Crippen molar-refractivity contribution < 1.29 is 17.9 Å². The highest BCUT2D eigenvalue weighted by Crippen LogP contribution is 2.20. The normalized spacial score (nSPS) is 13.7. The van der Waals surface area contributed by atoms with E-state index in [2.05, 4.69) is 5.32 Å². The molecule has 0 heterocycles. The summed E-state index contributed by atoms with van der Waals surface area (Å²) in [6, 6.07) is 4.84. The van der Waals surface area contributed by atoms with Gasteiger partial charge in [0.25, 0.3) is 0 Å². The predicted molar refractivity (Wildman–Crippen MR) is 94.6 cm³/mol. The highest BCUT2D eigenvalue weighted by atomic mass is 32.2. The first-order valence-corrected chi connectivity index (χ1v) is 9.30. The number of hydrogen-bond donors (Lipinski definition) is 1. The number of nitrogens with one attached hydrogen (secondary N) is 1. The van der Waals surface area contributed by atoms with Gasteiger partial charge in [-0.05, 0) is 53.2 Å². The van der Waals surface area contributed by atoms with Gasteiger partial charge in [0.05, 0.1) is 4.90 Å². The van der Waals surface area contributed by atoms with Gasteiger partial charge in [0.2, 0.25) is 10.0 Å². The van der Waals surface area contributed by atoms with Crippen molar-refractivity contribution >= 4 is 16.1 Å². The average molecular weight is 356 g/mol. The van der Waals surface area contributed by atoms with Crippen LogP contribution in [0.3, 0.4) is 0 Å². The van der Waals surface area contributed by atoms with Crippen LogP contribution in [-0.2, 0) is 14.8 Å². The standard InChI is InChI=1S/C17H28N2O4S/c1-12-8-9-15(13(2)10-12)24(21,22)19(7)11-14(3)18-16(20)23-17(4,5)6/h8-10,14H,11H2,1-7H3,(H,18,20)/t14-/m0/s1. The number of ether oxygens (including phenoxy) is 1. The van der Waals surface area contributed by atoms with E-state index in [1.54, 1.807) is 46.8 Å². The zero-order chi connectivity index (χ0) is 18.7. The van der Waals surface area contributed by atoms with E-state index in [-0.39, 0.29) is 17.5 Å². The number of aryl methyl sites for hydroxylation is 2. The first-order valence-electron chi connectivity index (χ1n) is 7.86. The van der Waals surface area contributed by atoms with Crippen LogP contribution < -0.4 is 5.32 Å². The Morgan fingerprint density at radius 3 is 2.38 bits per heavy atom.